The summed E-state index contributed by atoms with van der Waals surface area (Å²) in [6, 6.07) is 15.1. The summed E-state index contributed by atoms with van der Waals surface area (Å²) in [4.78, 5) is 30.8. The number of para-hydroxylation sites is 1. The largest absolute Gasteiger partial charge is 0.506 e. The lowest BCUT2D eigenvalue weighted by Gasteiger charge is -2.20. The van der Waals surface area contributed by atoms with Crippen molar-refractivity contribution in [2.75, 3.05) is 55.9 Å². The van der Waals surface area contributed by atoms with Crippen LogP contribution in [0.15, 0.2) is 54.6 Å². The third-order valence-corrected chi connectivity index (χ3v) is 6.87. The molecule has 1 aliphatic rings. The van der Waals surface area contributed by atoms with E-state index < -0.39 is 0 Å². The minimum Gasteiger partial charge on any atom is -0.506 e. The summed E-state index contributed by atoms with van der Waals surface area (Å²) < 4.78 is 5.12. The van der Waals surface area contributed by atoms with E-state index in [-0.39, 0.29) is 23.3 Å². The van der Waals surface area contributed by atoms with Crippen molar-refractivity contribution in [3.05, 3.63) is 65.0 Å². The molecule has 0 spiro atoms. The maximum Gasteiger partial charge on any atom is 0.265 e. The Morgan fingerprint density at radius 3 is 2.50 bits per heavy atom. The molecule has 0 unspecified atom stereocenters. The number of amides is 2. The van der Waals surface area contributed by atoms with Crippen molar-refractivity contribution in [1.82, 2.24) is 4.90 Å². The van der Waals surface area contributed by atoms with E-state index in [0.29, 0.717) is 21.9 Å². The zero-order valence-electron chi connectivity index (χ0n) is 19.2. The van der Waals surface area contributed by atoms with Gasteiger partial charge in [-0.05, 0) is 68.5 Å². The number of rotatable bonds is 6. The van der Waals surface area contributed by atoms with Gasteiger partial charge in [-0.15, -0.1) is 11.3 Å². The van der Waals surface area contributed by atoms with Gasteiger partial charge in [-0.1, -0.05) is 6.07 Å². The first-order valence-electron chi connectivity index (χ1n) is 11.1. The molecule has 0 atom stereocenters. The van der Waals surface area contributed by atoms with E-state index in [1.807, 2.05) is 6.07 Å². The number of hydrogen-bond acceptors (Lipinski definition) is 7. The number of hydrogen-bond donors (Lipinski definition) is 3. The van der Waals surface area contributed by atoms with Gasteiger partial charge in [0.1, 0.15) is 17.2 Å². The first-order valence-corrected chi connectivity index (χ1v) is 11.9. The zero-order chi connectivity index (χ0) is 24.1. The van der Waals surface area contributed by atoms with Gasteiger partial charge >= 0.3 is 0 Å². The molecular formula is C25H28N4O4S. The number of carbonyl (C=O) groups excluding carboxylic acids is 2. The van der Waals surface area contributed by atoms with Crippen LogP contribution >= 0.6 is 11.3 Å². The topological polar surface area (TPSA) is 94.1 Å². The first-order chi connectivity index (χ1) is 16.4. The predicted molar refractivity (Wildman–Crippen MR) is 136 cm³/mol. The second-order valence-electron chi connectivity index (χ2n) is 8.12. The summed E-state index contributed by atoms with van der Waals surface area (Å²) in [5.41, 5.74) is 0.884. The number of carbonyl (C=O) groups is 2. The number of nitrogens with zero attached hydrogens (tertiary/aromatic N) is 2. The number of methoxy groups -OCH3 is 1. The van der Waals surface area contributed by atoms with Crippen molar-refractivity contribution in [1.29, 1.82) is 0 Å². The molecule has 178 valence electrons. The van der Waals surface area contributed by atoms with E-state index in [1.165, 1.54) is 17.4 Å². The Labute approximate surface area is 202 Å². The van der Waals surface area contributed by atoms with Crippen LogP contribution in [0.3, 0.4) is 0 Å². The number of phenols is 1. The molecule has 0 saturated carbocycles. The van der Waals surface area contributed by atoms with Crippen LogP contribution in [0.25, 0.3) is 0 Å². The van der Waals surface area contributed by atoms with E-state index in [4.69, 9.17) is 4.74 Å². The fourth-order valence-electron chi connectivity index (χ4n) is 3.77. The Kier molecular flexibility index (Phi) is 7.34. The van der Waals surface area contributed by atoms with Crippen molar-refractivity contribution in [3.8, 4) is 11.5 Å². The van der Waals surface area contributed by atoms with Crippen molar-refractivity contribution < 1.29 is 19.4 Å². The monoisotopic (exact) mass is 480 g/mol. The highest BCUT2D eigenvalue weighted by molar-refractivity contribution is 7.18. The van der Waals surface area contributed by atoms with Crippen molar-refractivity contribution in [2.45, 2.75) is 6.42 Å². The number of thiophene rings is 1. The second kappa shape index (κ2) is 10.6. The van der Waals surface area contributed by atoms with Gasteiger partial charge in [0.05, 0.1) is 22.7 Å². The Bertz CT molecular complexity index is 1160. The Balaban J connectivity index is 1.48. The van der Waals surface area contributed by atoms with Gasteiger partial charge in [0.2, 0.25) is 0 Å². The summed E-state index contributed by atoms with van der Waals surface area (Å²) in [5, 5.41) is 17.0. The van der Waals surface area contributed by atoms with Crippen LogP contribution in [0.1, 0.15) is 26.5 Å². The van der Waals surface area contributed by atoms with Gasteiger partial charge in [-0.2, -0.15) is 0 Å². The molecule has 4 rings (SSSR count). The van der Waals surface area contributed by atoms with Crippen LogP contribution in [0.5, 0.6) is 11.5 Å². The molecular weight excluding hydrogens is 452 g/mol. The standard InChI is InChI=1S/C25H28N4O4S/c1-28-13-4-14-29(16-15-28)22-12-11-21(34-22)25(32)27-23-19(5-3-6-20(23)30)26-24(31)17-7-9-18(33-2)10-8-17/h3,5-12,30H,4,13-16H2,1-2H3,(H,26,31)(H,27,32). The molecule has 1 saturated heterocycles. The van der Waals surface area contributed by atoms with E-state index in [0.717, 1.165) is 37.6 Å². The van der Waals surface area contributed by atoms with Crippen LogP contribution in [0.4, 0.5) is 16.4 Å². The summed E-state index contributed by atoms with van der Waals surface area (Å²) in [5.74, 6) is -0.199. The Morgan fingerprint density at radius 2 is 1.74 bits per heavy atom. The summed E-state index contributed by atoms with van der Waals surface area (Å²) >= 11 is 1.42. The van der Waals surface area contributed by atoms with Crippen LogP contribution < -0.4 is 20.3 Å². The van der Waals surface area contributed by atoms with Crippen LogP contribution in [-0.2, 0) is 0 Å². The maximum atomic E-state index is 13.0. The molecule has 2 aromatic carbocycles. The molecule has 9 heteroatoms. The number of anilines is 3. The third kappa shape index (κ3) is 5.49. The highest BCUT2D eigenvalue weighted by Gasteiger charge is 2.19. The Hall–Kier alpha value is -3.56. The fraction of sp³-hybridized carbons (Fsp3) is 0.280. The third-order valence-electron chi connectivity index (χ3n) is 5.73. The van der Waals surface area contributed by atoms with Gasteiger partial charge < -0.3 is 30.3 Å². The quantitative estimate of drug-likeness (QED) is 0.460. The Morgan fingerprint density at radius 1 is 0.941 bits per heavy atom. The second-order valence-corrected chi connectivity index (χ2v) is 9.18. The number of ether oxygens (including phenoxy) is 1. The average Bonchev–Trinajstić information content (AvgIpc) is 3.24. The average molecular weight is 481 g/mol. The van der Waals surface area contributed by atoms with Crippen molar-refractivity contribution in [2.24, 2.45) is 0 Å². The molecule has 3 aromatic rings. The normalized spacial score (nSPS) is 14.4. The lowest BCUT2D eigenvalue weighted by atomic mass is 10.2. The molecule has 1 aliphatic heterocycles. The molecule has 2 amide bonds. The lowest BCUT2D eigenvalue weighted by Crippen LogP contribution is -2.28. The summed E-state index contributed by atoms with van der Waals surface area (Å²) in [7, 11) is 3.67. The molecule has 0 radical (unpaired) electrons. The van der Waals surface area contributed by atoms with Gasteiger partial charge in [-0.3, -0.25) is 9.59 Å². The lowest BCUT2D eigenvalue weighted by molar-refractivity contribution is 0.101. The van der Waals surface area contributed by atoms with E-state index >= 15 is 0 Å². The maximum absolute atomic E-state index is 13.0. The molecule has 1 aromatic heterocycles. The molecule has 3 N–H and O–H groups in total. The highest BCUT2D eigenvalue weighted by atomic mass is 32.1. The minimum atomic E-state index is -0.367. The number of phenolic OH excluding ortho intramolecular Hbond substituents is 1. The number of nitrogens with one attached hydrogen (secondary N) is 2. The molecule has 2 heterocycles. The summed E-state index contributed by atoms with van der Waals surface area (Å²) in [6.45, 7) is 3.91. The number of aromatic hydroxyl groups is 1. The van der Waals surface area contributed by atoms with Gasteiger partial charge in [0.25, 0.3) is 11.8 Å². The van der Waals surface area contributed by atoms with E-state index in [2.05, 4.69) is 27.5 Å². The van der Waals surface area contributed by atoms with E-state index in [1.54, 1.807) is 49.6 Å². The fourth-order valence-corrected chi connectivity index (χ4v) is 4.73. The molecule has 0 aliphatic carbocycles. The smallest absolute Gasteiger partial charge is 0.265 e. The molecule has 1 fully saturated rings. The van der Waals surface area contributed by atoms with Crippen LogP contribution in [0.2, 0.25) is 0 Å². The van der Waals surface area contributed by atoms with Crippen LogP contribution in [-0.4, -0.2) is 62.2 Å². The number of benzene rings is 2. The summed E-state index contributed by atoms with van der Waals surface area (Å²) in [6.07, 6.45) is 1.07. The first kappa shape index (κ1) is 23.6. The number of likely N-dealkylation sites (N-methyl/N-ethyl adjacent to an activating group) is 1. The zero-order valence-corrected chi connectivity index (χ0v) is 20.0. The predicted octanol–water partition coefficient (Wildman–Crippen LogP) is 4.11. The molecule has 8 nitrogen and oxygen atoms in total. The minimum absolute atomic E-state index is 0.131. The van der Waals surface area contributed by atoms with Crippen LogP contribution in [0, 0.1) is 0 Å². The van der Waals surface area contributed by atoms with Gasteiger partial charge in [0, 0.05) is 25.2 Å². The van der Waals surface area contributed by atoms with Gasteiger partial charge in [0.15, 0.2) is 0 Å². The highest BCUT2D eigenvalue weighted by Crippen LogP contribution is 2.34. The van der Waals surface area contributed by atoms with Crippen molar-refractivity contribution in [3.63, 3.8) is 0 Å². The molecule has 34 heavy (non-hydrogen) atoms. The van der Waals surface area contributed by atoms with Gasteiger partial charge in [-0.25, -0.2) is 0 Å². The van der Waals surface area contributed by atoms with E-state index in [9.17, 15) is 14.7 Å². The SMILES string of the molecule is COc1ccc(C(=O)Nc2cccc(O)c2NC(=O)c2ccc(N3CCCN(C)CC3)s2)cc1. The van der Waals surface area contributed by atoms with Crippen molar-refractivity contribution >= 4 is 39.5 Å². The molecule has 0 bridgehead atoms.